The Kier molecular flexibility index (Phi) is 4.52. The number of thiophene rings is 1. The minimum atomic E-state index is -4.48. The fraction of sp³-hybridized carbons (Fsp3) is 0.421. The maximum Gasteiger partial charge on any atom is 0.418 e. The van der Waals surface area contributed by atoms with Crippen LogP contribution in [0.3, 0.4) is 0 Å². The number of carbonyl (C=O) groups is 1. The Hall–Kier alpha value is -1.86. The molecule has 2 atom stereocenters. The number of para-hydroxylation sites is 1. The first-order valence-corrected chi connectivity index (χ1v) is 9.68. The number of benzene rings is 1. The van der Waals surface area contributed by atoms with E-state index in [1.54, 1.807) is 11.3 Å². The molecule has 0 saturated heterocycles. The number of quaternary nitrogens is 1. The first kappa shape index (κ1) is 17.5. The molecule has 7 heteroatoms. The molecule has 2 aliphatic rings. The second-order valence-corrected chi connectivity index (χ2v) is 8.04. The molecule has 2 heterocycles. The molecule has 26 heavy (non-hydrogen) atoms. The highest BCUT2D eigenvalue weighted by atomic mass is 32.1. The van der Waals surface area contributed by atoms with E-state index in [4.69, 9.17) is 0 Å². The molecule has 138 valence electrons. The molecule has 1 aromatic carbocycles. The largest absolute Gasteiger partial charge is 0.418 e. The molecule has 1 unspecified atom stereocenters. The highest BCUT2D eigenvalue weighted by molar-refractivity contribution is 7.10. The van der Waals surface area contributed by atoms with Crippen molar-refractivity contribution in [2.75, 3.05) is 18.4 Å². The van der Waals surface area contributed by atoms with Gasteiger partial charge in [-0.1, -0.05) is 12.1 Å². The van der Waals surface area contributed by atoms with Crippen LogP contribution in [0.15, 0.2) is 35.7 Å². The zero-order chi connectivity index (χ0) is 18.3. The molecule has 1 aliphatic heterocycles. The molecule has 1 fully saturated rings. The predicted octanol–water partition coefficient (Wildman–Crippen LogP) is 3.30. The normalized spacial score (nSPS) is 22.7. The first-order chi connectivity index (χ1) is 12.4. The minimum Gasteiger partial charge on any atom is -0.321 e. The van der Waals surface area contributed by atoms with Crippen molar-refractivity contribution >= 4 is 22.9 Å². The van der Waals surface area contributed by atoms with Crippen molar-refractivity contribution in [3.8, 4) is 0 Å². The third-order valence-corrected chi connectivity index (χ3v) is 6.21. The van der Waals surface area contributed by atoms with Crippen LogP contribution in [0.25, 0.3) is 0 Å². The van der Waals surface area contributed by atoms with Crippen LogP contribution >= 0.6 is 11.3 Å². The summed E-state index contributed by atoms with van der Waals surface area (Å²) in [5.41, 5.74) is 0.365. The number of fused-ring (bicyclic) bond motifs is 1. The summed E-state index contributed by atoms with van der Waals surface area (Å²) in [5, 5.41) is 4.58. The van der Waals surface area contributed by atoms with E-state index < -0.39 is 11.7 Å². The Morgan fingerprint density at radius 1 is 1.23 bits per heavy atom. The second kappa shape index (κ2) is 6.70. The fourth-order valence-electron chi connectivity index (χ4n) is 3.94. The van der Waals surface area contributed by atoms with Gasteiger partial charge < -0.3 is 10.2 Å². The topological polar surface area (TPSA) is 33.5 Å². The first-order valence-electron chi connectivity index (χ1n) is 8.80. The molecule has 4 rings (SSSR count). The van der Waals surface area contributed by atoms with Crippen molar-refractivity contribution < 1.29 is 22.9 Å². The summed E-state index contributed by atoms with van der Waals surface area (Å²) in [5.74, 6) is 0.231. The van der Waals surface area contributed by atoms with E-state index in [1.165, 1.54) is 46.4 Å². The summed E-state index contributed by atoms with van der Waals surface area (Å²) in [6, 6.07) is 7.58. The lowest BCUT2D eigenvalue weighted by Gasteiger charge is -2.32. The molecule has 0 radical (unpaired) electrons. The fourth-order valence-corrected chi connectivity index (χ4v) is 4.87. The predicted molar refractivity (Wildman–Crippen MR) is 94.3 cm³/mol. The number of carbonyl (C=O) groups excluding carboxylic acids is 1. The summed E-state index contributed by atoms with van der Waals surface area (Å²) < 4.78 is 39.3. The van der Waals surface area contributed by atoms with Crippen LogP contribution in [0.2, 0.25) is 0 Å². The third kappa shape index (κ3) is 3.50. The van der Waals surface area contributed by atoms with Gasteiger partial charge in [0.15, 0.2) is 6.54 Å². The van der Waals surface area contributed by atoms with Crippen LogP contribution in [0.4, 0.5) is 18.9 Å². The highest BCUT2D eigenvalue weighted by Crippen LogP contribution is 2.42. The number of nitrogens with one attached hydrogen (secondary N) is 2. The van der Waals surface area contributed by atoms with Gasteiger partial charge in [-0.3, -0.25) is 4.79 Å². The van der Waals surface area contributed by atoms with Gasteiger partial charge in [-0.25, -0.2) is 0 Å². The molecule has 1 amide bonds. The van der Waals surface area contributed by atoms with E-state index in [1.807, 2.05) is 0 Å². The molecule has 0 spiro atoms. The average molecular weight is 381 g/mol. The van der Waals surface area contributed by atoms with Crippen molar-refractivity contribution in [1.29, 1.82) is 0 Å². The van der Waals surface area contributed by atoms with Crippen molar-refractivity contribution in [2.45, 2.75) is 31.5 Å². The van der Waals surface area contributed by atoms with Gasteiger partial charge in [-0.2, -0.15) is 13.2 Å². The number of halogens is 3. The monoisotopic (exact) mass is 381 g/mol. The van der Waals surface area contributed by atoms with E-state index in [-0.39, 0.29) is 18.1 Å². The molecule has 1 aromatic heterocycles. The van der Waals surface area contributed by atoms with Gasteiger partial charge in [0.25, 0.3) is 5.91 Å². The Balaban J connectivity index is 1.49. The van der Waals surface area contributed by atoms with Gasteiger partial charge in [0.2, 0.25) is 0 Å². The smallest absolute Gasteiger partial charge is 0.321 e. The molecule has 2 aromatic rings. The molecule has 2 N–H and O–H groups in total. The molecule has 1 aliphatic carbocycles. The molecular formula is C19H20F3N2OS+. The number of amides is 1. The van der Waals surface area contributed by atoms with Crippen LogP contribution < -0.4 is 10.2 Å². The maximum atomic E-state index is 13.1. The molecule has 3 nitrogen and oxygen atoms in total. The molecule has 0 bridgehead atoms. The summed E-state index contributed by atoms with van der Waals surface area (Å²) in [7, 11) is 0. The average Bonchev–Trinajstić information content (AvgIpc) is 3.30. The van der Waals surface area contributed by atoms with Gasteiger partial charge in [0, 0.05) is 22.8 Å². The van der Waals surface area contributed by atoms with Gasteiger partial charge >= 0.3 is 6.18 Å². The lowest BCUT2D eigenvalue weighted by molar-refractivity contribution is -0.928. The summed E-state index contributed by atoms with van der Waals surface area (Å²) >= 11 is 1.76. The second-order valence-electron chi connectivity index (χ2n) is 7.04. The molecular weight excluding hydrogens is 361 g/mol. The van der Waals surface area contributed by atoms with Gasteiger partial charge in [0.05, 0.1) is 17.8 Å². The number of hydrogen-bond acceptors (Lipinski definition) is 2. The maximum absolute atomic E-state index is 13.1. The number of rotatable bonds is 4. The van der Waals surface area contributed by atoms with Crippen LogP contribution in [-0.4, -0.2) is 19.0 Å². The van der Waals surface area contributed by atoms with Crippen molar-refractivity contribution in [3.05, 3.63) is 51.7 Å². The van der Waals surface area contributed by atoms with Gasteiger partial charge in [-0.05, 0) is 36.4 Å². The number of anilines is 1. The Labute approximate surface area is 153 Å². The van der Waals surface area contributed by atoms with Crippen molar-refractivity contribution in [2.24, 2.45) is 5.92 Å². The zero-order valence-corrected chi connectivity index (χ0v) is 14.9. The van der Waals surface area contributed by atoms with Gasteiger partial charge in [0.1, 0.15) is 6.04 Å². The van der Waals surface area contributed by atoms with Crippen LogP contribution in [0.1, 0.15) is 34.9 Å². The van der Waals surface area contributed by atoms with E-state index in [9.17, 15) is 18.0 Å². The number of alkyl halides is 3. The zero-order valence-electron chi connectivity index (χ0n) is 14.1. The quantitative estimate of drug-likeness (QED) is 0.837. The SMILES string of the molecule is O=C(C[NH+]1CCc2sccc2[C@H]1C1CC1)Nc1ccccc1C(F)(F)F. The summed E-state index contributed by atoms with van der Waals surface area (Å²) in [6.45, 7) is 1.05. The summed E-state index contributed by atoms with van der Waals surface area (Å²) in [6.07, 6.45) is -1.22. The number of hydrogen-bond donors (Lipinski definition) is 2. The third-order valence-electron chi connectivity index (χ3n) is 5.22. The van der Waals surface area contributed by atoms with Crippen LogP contribution in [0, 0.1) is 5.92 Å². The molecule has 1 saturated carbocycles. The van der Waals surface area contributed by atoms with E-state index in [2.05, 4.69) is 16.8 Å². The van der Waals surface area contributed by atoms with Gasteiger partial charge in [-0.15, -0.1) is 11.3 Å². The lowest BCUT2D eigenvalue weighted by atomic mass is 9.96. The highest BCUT2D eigenvalue weighted by Gasteiger charge is 2.44. The Morgan fingerprint density at radius 2 is 2.00 bits per heavy atom. The lowest BCUT2D eigenvalue weighted by Crippen LogP contribution is -3.14. The summed E-state index contributed by atoms with van der Waals surface area (Å²) in [4.78, 5) is 15.1. The van der Waals surface area contributed by atoms with E-state index >= 15 is 0 Å². The minimum absolute atomic E-state index is 0.166. The van der Waals surface area contributed by atoms with E-state index in [0.717, 1.165) is 19.0 Å². The Morgan fingerprint density at radius 3 is 2.73 bits per heavy atom. The van der Waals surface area contributed by atoms with E-state index in [0.29, 0.717) is 12.0 Å². The van der Waals surface area contributed by atoms with Crippen molar-refractivity contribution in [1.82, 2.24) is 0 Å². The van der Waals surface area contributed by atoms with Crippen LogP contribution in [0.5, 0.6) is 0 Å². The van der Waals surface area contributed by atoms with Crippen molar-refractivity contribution in [3.63, 3.8) is 0 Å². The Bertz CT molecular complexity index is 813. The standard InChI is InChI=1S/C19H19F3N2OS/c20-19(21,22)14-3-1-2-4-15(14)23-17(25)11-24-9-7-16-13(8-10-26-16)18(24)12-5-6-12/h1-4,8,10,12,18H,5-7,9,11H2,(H,23,25)/p+1/t18-/m1/s1. The van der Waals surface area contributed by atoms with Crippen LogP contribution in [-0.2, 0) is 17.4 Å².